The van der Waals surface area contributed by atoms with Crippen molar-refractivity contribution in [2.24, 2.45) is 0 Å². The number of hydrogen-bond donors (Lipinski definition) is 1. The molecule has 4 rings (SSSR count). The Labute approximate surface area is 177 Å². The van der Waals surface area contributed by atoms with Crippen molar-refractivity contribution in [1.29, 1.82) is 0 Å². The van der Waals surface area contributed by atoms with E-state index in [2.05, 4.69) is 5.32 Å². The largest absolute Gasteiger partial charge is 0.454 e. The number of ether oxygens (including phenoxy) is 1. The molecule has 0 aliphatic carbocycles. The zero-order chi connectivity index (χ0) is 20.9. The number of aromatic nitrogens is 1. The molecule has 2 heterocycles. The maximum absolute atomic E-state index is 12.7. The molecule has 0 unspecified atom stereocenters. The molecule has 0 radical (unpaired) electrons. The van der Waals surface area contributed by atoms with Crippen LogP contribution in [0.15, 0.2) is 94.3 Å². The third-order valence-corrected chi connectivity index (χ3v) is 4.61. The third kappa shape index (κ3) is 4.45. The van der Waals surface area contributed by atoms with Crippen molar-refractivity contribution in [3.63, 3.8) is 0 Å². The van der Waals surface area contributed by atoms with Gasteiger partial charge in [0.2, 0.25) is 0 Å². The van der Waals surface area contributed by atoms with Gasteiger partial charge in [0, 0.05) is 12.3 Å². The molecule has 7 heteroatoms. The second-order valence-corrected chi connectivity index (χ2v) is 6.82. The molecule has 1 amide bonds. The maximum atomic E-state index is 12.7. The van der Waals surface area contributed by atoms with Gasteiger partial charge >= 0.3 is 0 Å². The van der Waals surface area contributed by atoms with Crippen LogP contribution in [0.25, 0.3) is 0 Å². The minimum Gasteiger partial charge on any atom is -0.454 e. The van der Waals surface area contributed by atoms with Crippen LogP contribution in [0.2, 0.25) is 5.02 Å². The molecule has 30 heavy (non-hydrogen) atoms. The van der Waals surface area contributed by atoms with Crippen LogP contribution in [-0.4, -0.2) is 10.5 Å². The van der Waals surface area contributed by atoms with E-state index in [4.69, 9.17) is 20.8 Å². The highest BCUT2D eigenvalue weighted by atomic mass is 35.5. The van der Waals surface area contributed by atoms with E-state index in [9.17, 15) is 9.59 Å². The lowest BCUT2D eigenvalue weighted by molar-refractivity contribution is 0.0994. The number of carbonyl (C=O) groups excluding carboxylic acids is 1. The number of para-hydroxylation sites is 3. The van der Waals surface area contributed by atoms with Crippen LogP contribution < -0.4 is 15.6 Å². The first-order valence-corrected chi connectivity index (χ1v) is 9.55. The fraction of sp³-hybridized carbons (Fsp3) is 0.0435. The van der Waals surface area contributed by atoms with Crippen molar-refractivity contribution < 1.29 is 13.9 Å². The first kappa shape index (κ1) is 19.5. The second-order valence-electron chi connectivity index (χ2n) is 6.42. The van der Waals surface area contributed by atoms with Crippen molar-refractivity contribution >= 4 is 23.2 Å². The maximum Gasteiger partial charge on any atom is 0.291 e. The van der Waals surface area contributed by atoms with Crippen LogP contribution >= 0.6 is 11.6 Å². The van der Waals surface area contributed by atoms with Crippen LogP contribution in [0, 0.1) is 0 Å². The van der Waals surface area contributed by atoms with Crippen molar-refractivity contribution in [3.8, 4) is 11.5 Å². The highest BCUT2D eigenvalue weighted by Gasteiger charge is 2.15. The molecule has 0 atom stereocenters. The average Bonchev–Trinajstić information content (AvgIpc) is 3.21. The quantitative estimate of drug-likeness (QED) is 0.466. The molecule has 2 aromatic carbocycles. The topological polar surface area (TPSA) is 73.5 Å². The molecule has 0 spiro atoms. The summed E-state index contributed by atoms with van der Waals surface area (Å²) < 4.78 is 13.0. The van der Waals surface area contributed by atoms with Crippen LogP contribution in [0.3, 0.4) is 0 Å². The molecular weight excluding hydrogens is 404 g/mol. The molecule has 150 valence electrons. The summed E-state index contributed by atoms with van der Waals surface area (Å²) in [6, 6.07) is 22.2. The minimum atomic E-state index is -0.433. The van der Waals surface area contributed by atoms with Crippen molar-refractivity contribution in [2.75, 3.05) is 5.32 Å². The van der Waals surface area contributed by atoms with Crippen LogP contribution in [0.4, 0.5) is 5.69 Å². The summed E-state index contributed by atoms with van der Waals surface area (Å²) in [4.78, 5) is 24.5. The highest BCUT2D eigenvalue weighted by molar-refractivity contribution is 6.32. The summed E-state index contributed by atoms with van der Waals surface area (Å²) in [6.07, 6.45) is 1.66. The number of halogens is 1. The van der Waals surface area contributed by atoms with Crippen LogP contribution in [0.5, 0.6) is 11.5 Å². The van der Waals surface area contributed by atoms with Gasteiger partial charge in [-0.1, -0.05) is 41.9 Å². The second kappa shape index (κ2) is 8.71. The predicted octanol–water partition coefficient (Wildman–Crippen LogP) is 5.19. The Morgan fingerprint density at radius 2 is 1.67 bits per heavy atom. The number of benzene rings is 2. The van der Waals surface area contributed by atoms with Gasteiger partial charge in [0.15, 0.2) is 11.5 Å². The summed E-state index contributed by atoms with van der Waals surface area (Å²) in [5, 5.41) is 3.25. The molecule has 0 saturated carbocycles. The number of nitrogens with zero attached hydrogens (tertiary/aromatic N) is 1. The van der Waals surface area contributed by atoms with Crippen LogP contribution in [-0.2, 0) is 6.54 Å². The number of furan rings is 1. The summed E-state index contributed by atoms with van der Waals surface area (Å²) in [5.41, 5.74) is 0.324. The standard InChI is InChI=1S/C23H17ClN2O4/c24-17-7-1-3-9-19(17)30-20-10-4-2-8-18(20)25-23(28)21-13-12-16(29-21)15-26-14-6-5-11-22(26)27/h1-14H,15H2,(H,25,28). The Morgan fingerprint density at radius 1 is 0.933 bits per heavy atom. The lowest BCUT2D eigenvalue weighted by atomic mass is 10.2. The Bertz CT molecular complexity index is 1250. The number of pyridine rings is 1. The molecule has 4 aromatic rings. The van der Waals surface area contributed by atoms with E-state index in [1.54, 1.807) is 72.9 Å². The molecule has 1 N–H and O–H groups in total. The summed E-state index contributed by atoms with van der Waals surface area (Å²) in [5.74, 6) is 1.11. The zero-order valence-corrected chi connectivity index (χ0v) is 16.5. The van der Waals surface area contributed by atoms with E-state index < -0.39 is 5.91 Å². The van der Waals surface area contributed by atoms with E-state index in [0.717, 1.165) is 0 Å². The number of nitrogens with one attached hydrogen (secondary N) is 1. The van der Waals surface area contributed by atoms with E-state index in [1.807, 2.05) is 6.07 Å². The Morgan fingerprint density at radius 3 is 2.47 bits per heavy atom. The van der Waals surface area contributed by atoms with Gasteiger partial charge in [-0.25, -0.2) is 0 Å². The lowest BCUT2D eigenvalue weighted by Crippen LogP contribution is -2.18. The molecule has 6 nitrogen and oxygen atoms in total. The Hall–Kier alpha value is -3.77. The number of rotatable bonds is 6. The van der Waals surface area contributed by atoms with Gasteiger partial charge in [0.1, 0.15) is 11.5 Å². The van der Waals surface area contributed by atoms with E-state index in [1.165, 1.54) is 10.6 Å². The highest BCUT2D eigenvalue weighted by Crippen LogP contribution is 2.33. The molecule has 0 aliphatic rings. The van der Waals surface area contributed by atoms with Gasteiger partial charge in [0.25, 0.3) is 11.5 Å². The average molecular weight is 421 g/mol. The van der Waals surface area contributed by atoms with E-state index in [-0.39, 0.29) is 17.9 Å². The van der Waals surface area contributed by atoms with Gasteiger partial charge in [-0.05, 0) is 42.5 Å². The molecule has 0 saturated heterocycles. The fourth-order valence-corrected chi connectivity index (χ4v) is 3.01. The van der Waals surface area contributed by atoms with E-state index in [0.29, 0.717) is 28.0 Å². The molecule has 0 fully saturated rings. The molecular formula is C23H17ClN2O4. The lowest BCUT2D eigenvalue weighted by Gasteiger charge is -2.12. The van der Waals surface area contributed by atoms with Gasteiger partial charge in [-0.3, -0.25) is 9.59 Å². The minimum absolute atomic E-state index is 0.126. The predicted molar refractivity (Wildman–Crippen MR) is 114 cm³/mol. The third-order valence-electron chi connectivity index (χ3n) is 4.30. The SMILES string of the molecule is O=C(Nc1ccccc1Oc1ccccc1Cl)c1ccc(Cn2ccccc2=O)o1. The number of anilines is 1. The molecule has 0 aliphatic heterocycles. The summed E-state index contributed by atoms with van der Waals surface area (Å²) in [7, 11) is 0. The van der Waals surface area contributed by atoms with Crippen molar-refractivity contribution in [3.05, 3.63) is 112 Å². The first-order valence-electron chi connectivity index (χ1n) is 9.17. The molecule has 2 aromatic heterocycles. The van der Waals surface area contributed by atoms with Gasteiger partial charge in [-0.2, -0.15) is 0 Å². The van der Waals surface area contributed by atoms with Gasteiger partial charge in [-0.15, -0.1) is 0 Å². The summed E-state index contributed by atoms with van der Waals surface area (Å²) >= 11 is 6.16. The van der Waals surface area contributed by atoms with Crippen molar-refractivity contribution in [2.45, 2.75) is 6.54 Å². The van der Waals surface area contributed by atoms with Crippen LogP contribution in [0.1, 0.15) is 16.3 Å². The summed E-state index contributed by atoms with van der Waals surface area (Å²) in [6.45, 7) is 0.235. The normalized spacial score (nSPS) is 10.6. The number of hydrogen-bond acceptors (Lipinski definition) is 4. The Balaban J connectivity index is 1.50. The Kier molecular flexibility index (Phi) is 5.68. The number of carbonyl (C=O) groups is 1. The first-order chi connectivity index (χ1) is 14.6. The molecule has 0 bridgehead atoms. The number of amides is 1. The monoisotopic (exact) mass is 420 g/mol. The fourth-order valence-electron chi connectivity index (χ4n) is 2.83. The van der Waals surface area contributed by atoms with Crippen molar-refractivity contribution in [1.82, 2.24) is 4.57 Å². The smallest absolute Gasteiger partial charge is 0.291 e. The zero-order valence-electron chi connectivity index (χ0n) is 15.7. The van der Waals surface area contributed by atoms with E-state index >= 15 is 0 Å². The van der Waals surface area contributed by atoms with Gasteiger partial charge < -0.3 is 19.0 Å². The van der Waals surface area contributed by atoms with Gasteiger partial charge in [0.05, 0.1) is 17.3 Å².